The number of aliphatic carboxylic acids is 1. The van der Waals surface area contributed by atoms with Gasteiger partial charge in [-0.15, -0.1) is 0 Å². The second-order valence-electron chi connectivity index (χ2n) is 6.25. The van der Waals surface area contributed by atoms with Crippen molar-refractivity contribution >= 4 is 11.7 Å². The van der Waals surface area contributed by atoms with Gasteiger partial charge in [-0.25, -0.2) is 22.4 Å². The Kier molecular flexibility index (Phi) is 6.10. The summed E-state index contributed by atoms with van der Waals surface area (Å²) < 4.78 is 61.6. The molecule has 0 atom stereocenters. The highest BCUT2D eigenvalue weighted by molar-refractivity contribution is 5.69. The molecule has 9 heteroatoms. The minimum absolute atomic E-state index is 0.0919. The Morgan fingerprint density at radius 2 is 1.77 bits per heavy atom. The molecule has 0 saturated carbocycles. The number of anilines is 1. The van der Waals surface area contributed by atoms with E-state index in [1.807, 2.05) is 0 Å². The zero-order valence-corrected chi connectivity index (χ0v) is 15.3. The van der Waals surface area contributed by atoms with Gasteiger partial charge in [0.05, 0.1) is 0 Å². The highest BCUT2D eigenvalue weighted by Gasteiger charge is 2.18. The van der Waals surface area contributed by atoms with E-state index in [1.165, 1.54) is 18.2 Å². The number of halogens is 4. The Morgan fingerprint density at radius 3 is 2.47 bits per heavy atom. The number of hydrogen-bond donors (Lipinski definition) is 3. The van der Waals surface area contributed by atoms with Crippen molar-refractivity contribution in [3.05, 3.63) is 77.4 Å². The summed E-state index contributed by atoms with van der Waals surface area (Å²) in [5.41, 5.74) is -0.713. The zero-order valence-electron chi connectivity index (χ0n) is 15.3. The molecule has 0 fully saturated rings. The number of aromatic hydroxyl groups is 1. The fraction of sp³-hybridized carbons (Fsp3) is 0.0952. The van der Waals surface area contributed by atoms with Crippen molar-refractivity contribution in [2.75, 3.05) is 11.9 Å². The predicted octanol–water partition coefficient (Wildman–Crippen LogP) is 4.69. The lowest BCUT2D eigenvalue weighted by molar-refractivity contribution is -0.139. The molecular formula is C21H15F4NO4. The molecule has 156 valence electrons. The van der Waals surface area contributed by atoms with E-state index < -0.39 is 53.8 Å². The van der Waals surface area contributed by atoms with Crippen molar-refractivity contribution < 1.29 is 37.3 Å². The lowest BCUT2D eigenvalue weighted by Crippen LogP contribution is -2.12. The molecule has 3 rings (SSSR count). The molecule has 5 nitrogen and oxygen atoms in total. The topological polar surface area (TPSA) is 78.8 Å². The molecule has 0 heterocycles. The monoisotopic (exact) mass is 421 g/mol. The molecule has 30 heavy (non-hydrogen) atoms. The first-order chi connectivity index (χ1) is 14.3. The molecule has 0 saturated heterocycles. The summed E-state index contributed by atoms with van der Waals surface area (Å²) >= 11 is 0. The number of benzene rings is 3. The van der Waals surface area contributed by atoms with E-state index >= 15 is 0 Å². The quantitative estimate of drug-likeness (QED) is 0.483. The highest BCUT2D eigenvalue weighted by Crippen LogP contribution is 2.32. The Labute approximate surface area is 168 Å². The summed E-state index contributed by atoms with van der Waals surface area (Å²) in [6.45, 7) is -1.26. The highest BCUT2D eigenvalue weighted by atomic mass is 19.1. The van der Waals surface area contributed by atoms with Crippen molar-refractivity contribution in [3.8, 4) is 22.6 Å². The maximum atomic E-state index is 14.9. The minimum Gasteiger partial charge on any atom is -0.508 e. The molecule has 0 spiro atoms. The molecule has 3 aromatic carbocycles. The first kappa shape index (κ1) is 21.0. The number of carboxylic acid groups (broad SMARTS) is 1. The fourth-order valence-electron chi connectivity index (χ4n) is 2.79. The Morgan fingerprint density at radius 1 is 1.00 bits per heavy atom. The Hall–Kier alpha value is -3.75. The average molecular weight is 421 g/mol. The molecule has 0 bridgehead atoms. The zero-order chi connectivity index (χ0) is 21.8. The molecule has 0 aromatic heterocycles. The molecule has 0 radical (unpaired) electrons. The van der Waals surface area contributed by atoms with Crippen LogP contribution < -0.4 is 10.1 Å². The van der Waals surface area contributed by atoms with Gasteiger partial charge in [0.2, 0.25) is 0 Å². The normalized spacial score (nSPS) is 10.7. The third kappa shape index (κ3) is 4.62. The first-order valence-corrected chi connectivity index (χ1v) is 8.60. The average Bonchev–Trinajstić information content (AvgIpc) is 2.69. The van der Waals surface area contributed by atoms with Crippen LogP contribution in [-0.4, -0.2) is 22.8 Å². The summed E-state index contributed by atoms with van der Waals surface area (Å²) in [4.78, 5) is 10.6. The van der Waals surface area contributed by atoms with Gasteiger partial charge in [0, 0.05) is 17.7 Å². The van der Waals surface area contributed by atoms with E-state index in [2.05, 4.69) is 5.32 Å². The van der Waals surface area contributed by atoms with Gasteiger partial charge in [-0.05, 0) is 42.0 Å². The molecule has 0 aliphatic carbocycles. The number of carbonyl (C=O) groups is 1. The summed E-state index contributed by atoms with van der Waals surface area (Å²) in [5, 5.41) is 20.9. The number of phenolic OH excluding ortho intramolecular Hbond substituents is 1. The fourth-order valence-corrected chi connectivity index (χ4v) is 2.79. The first-order valence-electron chi connectivity index (χ1n) is 8.60. The van der Waals surface area contributed by atoms with Gasteiger partial charge in [-0.1, -0.05) is 12.1 Å². The van der Waals surface area contributed by atoms with E-state index in [0.717, 1.165) is 30.3 Å². The second kappa shape index (κ2) is 8.73. The van der Waals surface area contributed by atoms with Crippen LogP contribution in [0, 0.1) is 23.3 Å². The maximum absolute atomic E-state index is 14.9. The third-order valence-electron chi connectivity index (χ3n) is 4.13. The molecule has 0 unspecified atom stereocenters. The Balaban J connectivity index is 1.89. The number of phenols is 1. The van der Waals surface area contributed by atoms with Gasteiger partial charge in [0.1, 0.15) is 28.9 Å². The van der Waals surface area contributed by atoms with Crippen LogP contribution in [-0.2, 0) is 11.3 Å². The van der Waals surface area contributed by atoms with Crippen LogP contribution in [0.15, 0.2) is 48.5 Å². The summed E-state index contributed by atoms with van der Waals surface area (Å²) in [6.07, 6.45) is 0. The van der Waals surface area contributed by atoms with Crippen molar-refractivity contribution in [1.29, 1.82) is 0 Å². The predicted molar refractivity (Wildman–Crippen MR) is 100 cm³/mol. The van der Waals surface area contributed by atoms with E-state index in [0.29, 0.717) is 0 Å². The van der Waals surface area contributed by atoms with Crippen LogP contribution in [0.1, 0.15) is 5.56 Å². The van der Waals surface area contributed by atoms with Gasteiger partial charge in [0.15, 0.2) is 18.2 Å². The number of rotatable bonds is 7. The third-order valence-corrected chi connectivity index (χ3v) is 4.13. The number of ether oxygens (including phenoxy) is 1. The number of nitrogens with one attached hydrogen (secondary N) is 1. The van der Waals surface area contributed by atoms with Crippen LogP contribution in [0.2, 0.25) is 0 Å². The molecule has 0 aliphatic rings. The number of carboxylic acids is 1. The van der Waals surface area contributed by atoms with Gasteiger partial charge in [0.25, 0.3) is 0 Å². The van der Waals surface area contributed by atoms with Crippen molar-refractivity contribution in [2.45, 2.75) is 6.54 Å². The van der Waals surface area contributed by atoms with E-state index in [-0.39, 0.29) is 22.4 Å². The van der Waals surface area contributed by atoms with Gasteiger partial charge < -0.3 is 20.3 Å². The van der Waals surface area contributed by atoms with Gasteiger partial charge >= 0.3 is 5.97 Å². The van der Waals surface area contributed by atoms with E-state index in [9.17, 15) is 27.5 Å². The SMILES string of the molecule is O=C(O)COc1ccc(F)c(NCc2cc(O)cc(-c3cccc(F)c3)c2F)c1F. The maximum Gasteiger partial charge on any atom is 0.341 e. The van der Waals surface area contributed by atoms with Crippen LogP contribution in [0.5, 0.6) is 11.5 Å². The van der Waals surface area contributed by atoms with Crippen molar-refractivity contribution in [3.63, 3.8) is 0 Å². The van der Waals surface area contributed by atoms with Crippen LogP contribution in [0.4, 0.5) is 23.2 Å². The molecule has 3 aromatic rings. The Bertz CT molecular complexity index is 1100. The van der Waals surface area contributed by atoms with E-state index in [4.69, 9.17) is 9.84 Å². The minimum atomic E-state index is -1.35. The van der Waals surface area contributed by atoms with Crippen LogP contribution >= 0.6 is 0 Å². The smallest absolute Gasteiger partial charge is 0.341 e. The number of hydrogen-bond acceptors (Lipinski definition) is 4. The largest absolute Gasteiger partial charge is 0.508 e. The summed E-state index contributed by atoms with van der Waals surface area (Å²) in [6, 6.07) is 9.03. The van der Waals surface area contributed by atoms with Crippen LogP contribution in [0.3, 0.4) is 0 Å². The van der Waals surface area contributed by atoms with E-state index in [1.54, 1.807) is 0 Å². The van der Waals surface area contributed by atoms with Crippen molar-refractivity contribution in [2.24, 2.45) is 0 Å². The molecular weight excluding hydrogens is 406 g/mol. The van der Waals surface area contributed by atoms with Crippen molar-refractivity contribution in [1.82, 2.24) is 0 Å². The van der Waals surface area contributed by atoms with Gasteiger partial charge in [-0.3, -0.25) is 0 Å². The molecule has 3 N–H and O–H groups in total. The standard InChI is InChI=1S/C21H15F4NO4/c22-13-3-1-2-11(6-13)15-8-14(27)7-12(19(15)24)9-26-21-16(23)4-5-17(20(21)25)30-10-18(28)29/h1-8,26-27H,9-10H2,(H,28,29). The lowest BCUT2D eigenvalue weighted by Gasteiger charge is -2.14. The van der Waals surface area contributed by atoms with Gasteiger partial charge in [-0.2, -0.15) is 0 Å². The summed E-state index contributed by atoms with van der Waals surface area (Å²) in [5.74, 6) is -5.80. The summed E-state index contributed by atoms with van der Waals surface area (Å²) in [7, 11) is 0. The van der Waals surface area contributed by atoms with Crippen LogP contribution in [0.25, 0.3) is 11.1 Å². The molecule has 0 aliphatic heterocycles. The lowest BCUT2D eigenvalue weighted by atomic mass is 10.0. The second-order valence-corrected chi connectivity index (χ2v) is 6.25. The molecule has 0 amide bonds.